The molecule has 3 nitrogen and oxygen atoms in total. The fraction of sp³-hybridized carbons (Fsp3) is 0.538. The van der Waals surface area contributed by atoms with E-state index in [1.807, 2.05) is 13.8 Å². The van der Waals surface area contributed by atoms with Crippen LogP contribution in [0.5, 0.6) is 0 Å². The van der Waals surface area contributed by atoms with Crippen LogP contribution in [0, 0.1) is 0 Å². The first-order valence-electron chi connectivity index (χ1n) is 6.17. The second-order valence-electron chi connectivity index (χ2n) is 4.43. The zero-order chi connectivity index (χ0) is 15.3. The van der Waals surface area contributed by atoms with E-state index in [1.54, 1.807) is 11.9 Å². The fourth-order valence-corrected chi connectivity index (χ4v) is 2.16. The maximum atomic E-state index is 12.4. The van der Waals surface area contributed by atoms with Crippen molar-refractivity contribution in [3.05, 3.63) is 23.9 Å². The van der Waals surface area contributed by atoms with Gasteiger partial charge in [0, 0.05) is 19.3 Å². The minimum absolute atomic E-state index is 0.0638. The van der Waals surface area contributed by atoms with Crippen molar-refractivity contribution < 1.29 is 18.0 Å². The van der Waals surface area contributed by atoms with Gasteiger partial charge in [-0.1, -0.05) is 18.7 Å². The molecule has 0 N–H and O–H groups in total. The van der Waals surface area contributed by atoms with Crippen LogP contribution in [-0.2, 0) is 11.0 Å². The van der Waals surface area contributed by atoms with E-state index in [0.717, 1.165) is 30.4 Å². The molecule has 0 aliphatic carbocycles. The average Bonchev–Trinajstić information content (AvgIpc) is 2.42. The minimum atomic E-state index is -4.39. The maximum absolute atomic E-state index is 12.4. The number of alkyl halides is 3. The van der Waals surface area contributed by atoms with Crippen LogP contribution in [0.3, 0.4) is 0 Å². The van der Waals surface area contributed by atoms with Crippen molar-refractivity contribution in [1.82, 2.24) is 9.88 Å². The maximum Gasteiger partial charge on any atom is 0.417 e. The van der Waals surface area contributed by atoms with Crippen LogP contribution in [0.1, 0.15) is 25.8 Å². The summed E-state index contributed by atoms with van der Waals surface area (Å²) in [5.41, 5.74) is -0.787. The normalized spacial score (nSPS) is 13.1. The molecular weight excluding hydrogens is 289 g/mol. The summed E-state index contributed by atoms with van der Waals surface area (Å²) >= 11 is 1.13. The molecular formula is C13H17F3N2OS. The predicted molar refractivity (Wildman–Crippen MR) is 72.5 cm³/mol. The summed E-state index contributed by atoms with van der Waals surface area (Å²) in [6.45, 7) is 3.93. The highest BCUT2D eigenvalue weighted by molar-refractivity contribution is 7.99. The van der Waals surface area contributed by atoms with E-state index in [2.05, 4.69) is 4.98 Å². The quantitative estimate of drug-likeness (QED) is 0.781. The fourth-order valence-electron chi connectivity index (χ4n) is 1.39. The Kier molecular flexibility index (Phi) is 5.86. The van der Waals surface area contributed by atoms with Crippen molar-refractivity contribution in [2.24, 2.45) is 0 Å². The number of hydrogen-bond donors (Lipinski definition) is 0. The van der Waals surface area contributed by atoms with Gasteiger partial charge in [-0.05, 0) is 25.5 Å². The molecule has 0 aliphatic rings. The summed E-state index contributed by atoms with van der Waals surface area (Å²) in [4.78, 5) is 17.2. The molecule has 0 saturated heterocycles. The highest BCUT2D eigenvalue weighted by Gasteiger charge is 2.30. The number of halogens is 3. The molecule has 1 heterocycles. The van der Waals surface area contributed by atoms with Gasteiger partial charge in [0.25, 0.3) is 0 Å². The van der Waals surface area contributed by atoms with Crippen LogP contribution < -0.4 is 0 Å². The van der Waals surface area contributed by atoms with E-state index in [4.69, 9.17) is 0 Å². The summed E-state index contributed by atoms with van der Waals surface area (Å²) in [5.74, 6) is 0.102. The average molecular weight is 306 g/mol. The molecule has 0 aliphatic heterocycles. The third-order valence-corrected chi connectivity index (χ3v) is 3.98. The van der Waals surface area contributed by atoms with Crippen LogP contribution in [-0.4, -0.2) is 34.6 Å². The number of amides is 1. The molecule has 20 heavy (non-hydrogen) atoms. The Morgan fingerprint density at radius 1 is 1.45 bits per heavy atom. The number of thioether (sulfide) groups is 1. The first-order chi connectivity index (χ1) is 9.25. The number of hydrogen-bond acceptors (Lipinski definition) is 3. The van der Waals surface area contributed by atoms with Crippen molar-refractivity contribution in [2.75, 3.05) is 12.8 Å². The SMILES string of the molecule is CCC(C)N(C)C(=O)CSc1ccc(C(F)(F)F)cn1. The van der Waals surface area contributed by atoms with E-state index in [0.29, 0.717) is 5.03 Å². The van der Waals surface area contributed by atoms with Crippen LogP contribution in [0.25, 0.3) is 0 Å². The predicted octanol–water partition coefficient (Wildman–Crippen LogP) is 3.45. The Labute approximate surface area is 120 Å². The lowest BCUT2D eigenvalue weighted by Gasteiger charge is -2.23. The van der Waals surface area contributed by atoms with Crippen molar-refractivity contribution in [1.29, 1.82) is 0 Å². The molecule has 0 fully saturated rings. The van der Waals surface area contributed by atoms with Crippen LogP contribution in [0.4, 0.5) is 13.2 Å². The van der Waals surface area contributed by atoms with E-state index < -0.39 is 11.7 Å². The third kappa shape index (κ3) is 4.70. The lowest BCUT2D eigenvalue weighted by atomic mass is 10.2. The van der Waals surface area contributed by atoms with Crippen molar-refractivity contribution in [3.63, 3.8) is 0 Å². The Morgan fingerprint density at radius 3 is 2.55 bits per heavy atom. The van der Waals surface area contributed by atoms with E-state index in [1.165, 1.54) is 6.07 Å². The summed E-state index contributed by atoms with van der Waals surface area (Å²) < 4.78 is 37.1. The number of pyridine rings is 1. The molecule has 0 bridgehead atoms. The van der Waals surface area contributed by atoms with Crippen LogP contribution in [0.15, 0.2) is 23.4 Å². The van der Waals surface area contributed by atoms with Crippen molar-refractivity contribution >= 4 is 17.7 Å². The van der Waals surface area contributed by atoms with E-state index >= 15 is 0 Å². The van der Waals surface area contributed by atoms with Gasteiger partial charge in [0.1, 0.15) is 0 Å². The summed E-state index contributed by atoms with van der Waals surface area (Å²) in [6, 6.07) is 2.39. The number of rotatable bonds is 5. The van der Waals surface area contributed by atoms with E-state index in [9.17, 15) is 18.0 Å². The van der Waals surface area contributed by atoms with Crippen LogP contribution >= 0.6 is 11.8 Å². The lowest BCUT2D eigenvalue weighted by Crippen LogP contribution is -2.35. The number of carbonyl (C=O) groups excluding carboxylic acids is 1. The molecule has 1 amide bonds. The largest absolute Gasteiger partial charge is 0.417 e. The Hall–Kier alpha value is -1.24. The number of aromatic nitrogens is 1. The first kappa shape index (κ1) is 16.8. The highest BCUT2D eigenvalue weighted by atomic mass is 32.2. The number of carbonyl (C=O) groups is 1. The zero-order valence-corrected chi connectivity index (χ0v) is 12.4. The standard InChI is InChI=1S/C13H17F3N2OS/c1-4-9(2)18(3)12(19)8-20-11-6-5-10(7-17-11)13(14,15)16/h5-7,9H,4,8H2,1-3H3. The van der Waals surface area contributed by atoms with Gasteiger partial charge in [-0.15, -0.1) is 0 Å². The Balaban J connectivity index is 2.56. The monoisotopic (exact) mass is 306 g/mol. The zero-order valence-electron chi connectivity index (χ0n) is 11.6. The second kappa shape index (κ2) is 6.97. The van der Waals surface area contributed by atoms with Gasteiger partial charge in [0.05, 0.1) is 16.3 Å². The first-order valence-corrected chi connectivity index (χ1v) is 7.16. The van der Waals surface area contributed by atoms with Gasteiger partial charge < -0.3 is 4.90 Å². The molecule has 7 heteroatoms. The van der Waals surface area contributed by atoms with Gasteiger partial charge in [-0.25, -0.2) is 4.98 Å². The molecule has 1 unspecified atom stereocenters. The Morgan fingerprint density at radius 2 is 2.10 bits per heavy atom. The second-order valence-corrected chi connectivity index (χ2v) is 5.43. The summed E-state index contributed by atoms with van der Waals surface area (Å²) in [5, 5.41) is 0.406. The molecule has 1 aromatic heterocycles. The minimum Gasteiger partial charge on any atom is -0.342 e. The topological polar surface area (TPSA) is 33.2 Å². The van der Waals surface area contributed by atoms with Gasteiger partial charge in [0.15, 0.2) is 0 Å². The van der Waals surface area contributed by atoms with Crippen molar-refractivity contribution in [3.8, 4) is 0 Å². The van der Waals surface area contributed by atoms with Crippen molar-refractivity contribution in [2.45, 2.75) is 37.5 Å². The highest BCUT2D eigenvalue weighted by Crippen LogP contribution is 2.29. The van der Waals surface area contributed by atoms with Gasteiger partial charge in [-0.3, -0.25) is 4.79 Å². The Bertz CT molecular complexity index is 448. The summed E-state index contributed by atoms with van der Waals surface area (Å²) in [6.07, 6.45) is -2.75. The molecule has 0 radical (unpaired) electrons. The molecule has 0 saturated carbocycles. The van der Waals surface area contributed by atoms with Crippen LogP contribution in [0.2, 0.25) is 0 Å². The number of nitrogens with zero attached hydrogens (tertiary/aromatic N) is 2. The third-order valence-electron chi connectivity index (χ3n) is 3.05. The molecule has 1 aromatic rings. The molecule has 0 aromatic carbocycles. The molecule has 1 rings (SSSR count). The molecule has 0 spiro atoms. The molecule has 1 atom stereocenters. The lowest BCUT2D eigenvalue weighted by molar-refractivity contribution is -0.138. The van der Waals surface area contributed by atoms with Gasteiger partial charge in [-0.2, -0.15) is 13.2 Å². The van der Waals surface area contributed by atoms with E-state index in [-0.39, 0.29) is 17.7 Å². The summed E-state index contributed by atoms with van der Waals surface area (Å²) in [7, 11) is 1.72. The van der Waals surface area contributed by atoms with Gasteiger partial charge >= 0.3 is 6.18 Å². The molecule has 112 valence electrons. The van der Waals surface area contributed by atoms with Gasteiger partial charge in [0.2, 0.25) is 5.91 Å². The smallest absolute Gasteiger partial charge is 0.342 e.